The van der Waals surface area contributed by atoms with Gasteiger partial charge in [-0.3, -0.25) is 4.79 Å². The van der Waals surface area contributed by atoms with Crippen molar-refractivity contribution < 1.29 is 9.53 Å². The zero-order valence-electron chi connectivity index (χ0n) is 13.1. The summed E-state index contributed by atoms with van der Waals surface area (Å²) in [5, 5.41) is -0.150. The van der Waals surface area contributed by atoms with Gasteiger partial charge in [0.25, 0.3) is 0 Å². The van der Waals surface area contributed by atoms with Crippen molar-refractivity contribution in [2.24, 2.45) is 5.73 Å². The number of hydrogen-bond acceptors (Lipinski definition) is 3. The molecule has 4 heteroatoms. The number of amides is 1. The molecule has 2 N–H and O–H groups in total. The molecule has 1 unspecified atom stereocenters. The molecule has 1 rings (SSSR count). The van der Waals surface area contributed by atoms with E-state index in [0.717, 1.165) is 23.5 Å². The zero-order chi connectivity index (χ0) is 15.5. The molecule has 1 aromatic rings. The highest BCUT2D eigenvalue weighted by Gasteiger charge is 2.16. The normalized spacial score (nSPS) is 12.1. The van der Waals surface area contributed by atoms with Gasteiger partial charge in [0.1, 0.15) is 5.75 Å². The standard InChI is InChI=1S/C17H27NO2S/c1-3-4-5-6-7-8-12-16(17(18)19)21-15-11-9-10-14(13-15)20-2/h9-11,13,16H,3-8,12H2,1-2H3,(H2,18,19). The quantitative estimate of drug-likeness (QED) is 0.487. The second-order valence-electron chi connectivity index (χ2n) is 5.24. The summed E-state index contributed by atoms with van der Waals surface area (Å²) in [7, 11) is 1.64. The van der Waals surface area contributed by atoms with Crippen LogP contribution in [0.15, 0.2) is 29.2 Å². The van der Waals surface area contributed by atoms with Gasteiger partial charge in [-0.25, -0.2) is 0 Å². The fraction of sp³-hybridized carbons (Fsp3) is 0.588. The monoisotopic (exact) mass is 309 g/mol. The van der Waals surface area contributed by atoms with Gasteiger partial charge >= 0.3 is 0 Å². The average molecular weight is 309 g/mol. The van der Waals surface area contributed by atoms with Crippen molar-refractivity contribution in [1.82, 2.24) is 0 Å². The molecule has 0 radical (unpaired) electrons. The second kappa shape index (κ2) is 10.6. The van der Waals surface area contributed by atoms with Crippen molar-refractivity contribution in [2.75, 3.05) is 7.11 Å². The first kappa shape index (κ1) is 17.9. The van der Waals surface area contributed by atoms with Crippen molar-refractivity contribution in [3.05, 3.63) is 24.3 Å². The van der Waals surface area contributed by atoms with E-state index in [9.17, 15) is 4.79 Å². The third-order valence-corrected chi connectivity index (χ3v) is 4.74. The third-order valence-electron chi connectivity index (χ3n) is 3.46. The fourth-order valence-electron chi connectivity index (χ4n) is 2.21. The number of unbranched alkanes of at least 4 members (excludes halogenated alkanes) is 5. The zero-order valence-corrected chi connectivity index (χ0v) is 14.0. The summed E-state index contributed by atoms with van der Waals surface area (Å²) in [5.41, 5.74) is 5.53. The molecule has 0 aliphatic heterocycles. The van der Waals surface area contributed by atoms with Gasteiger partial charge in [0.2, 0.25) is 5.91 Å². The van der Waals surface area contributed by atoms with Crippen LogP contribution < -0.4 is 10.5 Å². The van der Waals surface area contributed by atoms with E-state index < -0.39 is 0 Å². The number of methoxy groups -OCH3 is 1. The lowest BCUT2D eigenvalue weighted by atomic mass is 10.1. The Kier molecular flexibility index (Phi) is 8.99. The molecular formula is C17H27NO2S. The Bertz CT molecular complexity index is 423. The first-order valence-corrected chi connectivity index (χ1v) is 8.65. The lowest BCUT2D eigenvalue weighted by Gasteiger charge is -2.13. The topological polar surface area (TPSA) is 52.3 Å². The number of carbonyl (C=O) groups excluding carboxylic acids is 1. The predicted octanol–water partition coefficient (Wildman–Crippen LogP) is 4.39. The van der Waals surface area contributed by atoms with Gasteiger partial charge in [0, 0.05) is 4.90 Å². The largest absolute Gasteiger partial charge is 0.497 e. The summed E-state index contributed by atoms with van der Waals surface area (Å²) >= 11 is 1.54. The van der Waals surface area contributed by atoms with Gasteiger partial charge in [-0.2, -0.15) is 0 Å². The third kappa shape index (κ3) is 7.42. The Labute approximate surface area is 132 Å². The highest BCUT2D eigenvalue weighted by molar-refractivity contribution is 8.00. The maximum atomic E-state index is 11.6. The SMILES string of the molecule is CCCCCCCCC(Sc1cccc(OC)c1)C(N)=O. The van der Waals surface area contributed by atoms with Crippen molar-refractivity contribution in [2.45, 2.75) is 62.0 Å². The first-order chi connectivity index (χ1) is 10.2. The Morgan fingerprint density at radius 1 is 1.24 bits per heavy atom. The molecule has 0 bridgehead atoms. The molecule has 0 heterocycles. The van der Waals surface area contributed by atoms with Crippen LogP contribution in [0.3, 0.4) is 0 Å². The molecule has 21 heavy (non-hydrogen) atoms. The molecule has 0 saturated heterocycles. The van der Waals surface area contributed by atoms with Crippen LogP contribution in [0.2, 0.25) is 0 Å². The number of ether oxygens (including phenoxy) is 1. The Morgan fingerprint density at radius 3 is 2.62 bits per heavy atom. The van der Waals surface area contributed by atoms with Crippen molar-refractivity contribution >= 4 is 17.7 Å². The van der Waals surface area contributed by atoms with Crippen LogP contribution in [-0.4, -0.2) is 18.3 Å². The minimum absolute atomic E-state index is 0.150. The second-order valence-corrected chi connectivity index (χ2v) is 6.52. The summed E-state index contributed by atoms with van der Waals surface area (Å²) in [6, 6.07) is 7.77. The maximum Gasteiger partial charge on any atom is 0.230 e. The van der Waals surface area contributed by atoms with Crippen molar-refractivity contribution in [1.29, 1.82) is 0 Å². The molecule has 1 atom stereocenters. The number of nitrogens with two attached hydrogens (primary N) is 1. The van der Waals surface area contributed by atoms with Gasteiger partial charge in [-0.05, 0) is 24.6 Å². The Balaban J connectivity index is 2.40. The molecule has 0 spiro atoms. The summed E-state index contributed by atoms with van der Waals surface area (Å²) < 4.78 is 5.20. The van der Waals surface area contributed by atoms with Crippen LogP contribution in [0.25, 0.3) is 0 Å². The van der Waals surface area contributed by atoms with E-state index in [0.29, 0.717) is 0 Å². The van der Waals surface area contributed by atoms with Crippen LogP contribution in [0.5, 0.6) is 5.75 Å². The van der Waals surface area contributed by atoms with Gasteiger partial charge in [-0.15, -0.1) is 11.8 Å². The van der Waals surface area contributed by atoms with E-state index >= 15 is 0 Å². The number of carbonyl (C=O) groups is 1. The highest BCUT2D eigenvalue weighted by Crippen LogP contribution is 2.29. The van der Waals surface area contributed by atoms with Crippen LogP contribution >= 0.6 is 11.8 Å². The molecule has 0 aromatic heterocycles. The fourth-order valence-corrected chi connectivity index (χ4v) is 3.28. The summed E-state index contributed by atoms with van der Waals surface area (Å²) in [5.74, 6) is 0.583. The smallest absolute Gasteiger partial charge is 0.230 e. The highest BCUT2D eigenvalue weighted by atomic mass is 32.2. The molecule has 0 saturated carbocycles. The molecule has 1 amide bonds. The first-order valence-electron chi connectivity index (χ1n) is 7.77. The Morgan fingerprint density at radius 2 is 1.95 bits per heavy atom. The number of benzene rings is 1. The van der Waals surface area contributed by atoms with Crippen molar-refractivity contribution in [3.63, 3.8) is 0 Å². The van der Waals surface area contributed by atoms with E-state index in [2.05, 4.69) is 6.92 Å². The van der Waals surface area contributed by atoms with Crippen LogP contribution in [0.1, 0.15) is 51.9 Å². The van der Waals surface area contributed by atoms with Gasteiger partial charge in [-0.1, -0.05) is 51.5 Å². The van der Waals surface area contributed by atoms with Crippen LogP contribution in [0.4, 0.5) is 0 Å². The molecule has 0 aliphatic carbocycles. The molecule has 118 valence electrons. The van der Waals surface area contributed by atoms with Crippen molar-refractivity contribution in [3.8, 4) is 5.75 Å². The average Bonchev–Trinajstić information content (AvgIpc) is 2.49. The lowest BCUT2D eigenvalue weighted by Crippen LogP contribution is -2.25. The molecular weight excluding hydrogens is 282 g/mol. The number of hydrogen-bond donors (Lipinski definition) is 1. The van der Waals surface area contributed by atoms with Gasteiger partial charge in [0.15, 0.2) is 0 Å². The summed E-state index contributed by atoms with van der Waals surface area (Å²) in [6.07, 6.45) is 8.21. The van der Waals surface area contributed by atoms with E-state index in [4.69, 9.17) is 10.5 Å². The number of rotatable bonds is 11. The minimum Gasteiger partial charge on any atom is -0.497 e. The number of primary amides is 1. The Hall–Kier alpha value is -1.16. The minimum atomic E-state index is -0.226. The molecule has 0 fully saturated rings. The van der Waals surface area contributed by atoms with E-state index in [1.807, 2.05) is 24.3 Å². The van der Waals surface area contributed by atoms with E-state index in [1.165, 1.54) is 32.1 Å². The van der Waals surface area contributed by atoms with E-state index in [1.54, 1.807) is 18.9 Å². The molecule has 0 aliphatic rings. The predicted molar refractivity (Wildman–Crippen MR) is 89.8 cm³/mol. The van der Waals surface area contributed by atoms with Gasteiger partial charge in [0.05, 0.1) is 12.4 Å². The molecule has 3 nitrogen and oxygen atoms in total. The van der Waals surface area contributed by atoms with Gasteiger partial charge < -0.3 is 10.5 Å². The van der Waals surface area contributed by atoms with Crippen LogP contribution in [-0.2, 0) is 4.79 Å². The van der Waals surface area contributed by atoms with Crippen LogP contribution in [0, 0.1) is 0 Å². The summed E-state index contributed by atoms with van der Waals surface area (Å²) in [6.45, 7) is 2.22. The maximum absolute atomic E-state index is 11.6. The number of thioether (sulfide) groups is 1. The summed E-state index contributed by atoms with van der Waals surface area (Å²) in [4.78, 5) is 12.6. The molecule has 1 aromatic carbocycles. The lowest BCUT2D eigenvalue weighted by molar-refractivity contribution is -0.117. The van der Waals surface area contributed by atoms with E-state index in [-0.39, 0.29) is 11.2 Å².